The first kappa shape index (κ1) is 13.3. The van der Waals surface area contributed by atoms with Crippen molar-refractivity contribution in [3.63, 3.8) is 0 Å². The first-order valence-corrected chi connectivity index (χ1v) is 5.40. The Bertz CT molecular complexity index is 269. The van der Waals surface area contributed by atoms with Gasteiger partial charge in [-0.3, -0.25) is 0 Å². The fourth-order valence-corrected chi connectivity index (χ4v) is 1.24. The number of halogens is 1. The van der Waals surface area contributed by atoms with Crippen LogP contribution in [0.3, 0.4) is 0 Å². The molecule has 1 aromatic carbocycles. The molecule has 0 radical (unpaired) electrons. The Hall–Kier alpha value is -0.690. The zero-order chi connectivity index (χ0) is 11.1. The van der Waals surface area contributed by atoms with Gasteiger partial charge in [-0.15, -0.1) is 0 Å². The van der Waals surface area contributed by atoms with E-state index in [0.29, 0.717) is 5.02 Å². The van der Waals surface area contributed by atoms with E-state index in [-0.39, 0.29) is 6.10 Å². The Kier molecular flexibility index (Phi) is 6.39. The predicted octanol–water partition coefficient (Wildman–Crippen LogP) is 4.46. The zero-order valence-corrected chi connectivity index (χ0v) is 10.4. The predicted molar refractivity (Wildman–Crippen MR) is 63.3 cm³/mol. The molecule has 0 aliphatic rings. The number of ether oxygens (including phenoxy) is 1. The van der Waals surface area contributed by atoms with Gasteiger partial charge in [0.05, 0.1) is 11.1 Å². The molecule has 0 bridgehead atoms. The van der Waals surface area contributed by atoms with Crippen LogP contribution in [0.15, 0.2) is 18.2 Å². The van der Waals surface area contributed by atoms with E-state index in [1.807, 2.05) is 52.8 Å². The van der Waals surface area contributed by atoms with Gasteiger partial charge in [-0.2, -0.15) is 0 Å². The fourth-order valence-electron chi connectivity index (χ4n) is 0.955. The maximum absolute atomic E-state index is 5.95. The number of hydrogen-bond acceptors (Lipinski definition) is 1. The van der Waals surface area contributed by atoms with Crippen LogP contribution in [-0.2, 0) is 0 Å². The average Bonchev–Trinajstić information content (AvgIpc) is 2.13. The van der Waals surface area contributed by atoms with E-state index in [4.69, 9.17) is 16.3 Å². The largest absolute Gasteiger partial charge is 0.489 e. The van der Waals surface area contributed by atoms with Crippen molar-refractivity contribution in [3.8, 4) is 5.75 Å². The highest BCUT2D eigenvalue weighted by atomic mass is 35.5. The molecule has 80 valence electrons. The van der Waals surface area contributed by atoms with E-state index in [2.05, 4.69) is 0 Å². The molecule has 0 saturated heterocycles. The maximum Gasteiger partial charge on any atom is 0.138 e. The normalized spacial score (nSPS) is 9.36. The van der Waals surface area contributed by atoms with Crippen LogP contribution < -0.4 is 4.74 Å². The lowest BCUT2D eigenvalue weighted by Crippen LogP contribution is -2.05. The first-order chi connectivity index (χ1) is 6.59. The topological polar surface area (TPSA) is 9.23 Å². The fraction of sp³-hybridized carbons (Fsp3) is 0.500. The van der Waals surface area contributed by atoms with Crippen LogP contribution in [0.2, 0.25) is 5.02 Å². The number of aryl methyl sites for hydroxylation is 1. The van der Waals surface area contributed by atoms with Gasteiger partial charge in [-0.05, 0) is 38.5 Å². The summed E-state index contributed by atoms with van der Waals surface area (Å²) in [5.74, 6) is 0.761. The van der Waals surface area contributed by atoms with Crippen LogP contribution in [0.5, 0.6) is 5.75 Å². The molecule has 1 nitrogen and oxygen atoms in total. The molecule has 2 heteroatoms. The summed E-state index contributed by atoms with van der Waals surface area (Å²) in [5.41, 5.74) is 1.15. The van der Waals surface area contributed by atoms with E-state index in [9.17, 15) is 0 Å². The monoisotopic (exact) mass is 214 g/mol. The van der Waals surface area contributed by atoms with Crippen LogP contribution >= 0.6 is 11.6 Å². The van der Waals surface area contributed by atoms with E-state index in [1.54, 1.807) is 0 Å². The average molecular weight is 215 g/mol. The molecule has 0 aliphatic heterocycles. The molecule has 0 heterocycles. The van der Waals surface area contributed by atoms with Crippen molar-refractivity contribution in [2.24, 2.45) is 0 Å². The van der Waals surface area contributed by atoms with Gasteiger partial charge in [-0.1, -0.05) is 31.5 Å². The van der Waals surface area contributed by atoms with Gasteiger partial charge in [0.15, 0.2) is 0 Å². The molecule has 0 aromatic heterocycles. The minimum absolute atomic E-state index is 0.171. The molecule has 14 heavy (non-hydrogen) atoms. The van der Waals surface area contributed by atoms with Gasteiger partial charge in [0, 0.05) is 0 Å². The highest BCUT2D eigenvalue weighted by Crippen LogP contribution is 2.25. The van der Waals surface area contributed by atoms with Crippen molar-refractivity contribution < 1.29 is 4.74 Å². The van der Waals surface area contributed by atoms with Gasteiger partial charge in [0.2, 0.25) is 0 Å². The zero-order valence-electron chi connectivity index (χ0n) is 9.60. The van der Waals surface area contributed by atoms with Crippen molar-refractivity contribution in [3.05, 3.63) is 28.8 Å². The summed E-state index contributed by atoms with van der Waals surface area (Å²) in [5, 5.41) is 0.684. The number of rotatable bonds is 2. The summed E-state index contributed by atoms with van der Waals surface area (Å²) in [4.78, 5) is 0. The molecule has 0 saturated carbocycles. The summed E-state index contributed by atoms with van der Waals surface area (Å²) in [7, 11) is 0. The Morgan fingerprint density at radius 3 is 2.21 bits per heavy atom. The molecule has 1 rings (SSSR count). The van der Waals surface area contributed by atoms with Crippen molar-refractivity contribution in [2.45, 2.75) is 40.7 Å². The molecule has 0 atom stereocenters. The third-order valence-electron chi connectivity index (χ3n) is 1.45. The van der Waals surface area contributed by atoms with Gasteiger partial charge in [-0.25, -0.2) is 0 Å². The molecule has 0 aliphatic carbocycles. The van der Waals surface area contributed by atoms with Crippen molar-refractivity contribution in [1.29, 1.82) is 0 Å². The maximum atomic E-state index is 5.95. The number of hydrogen-bond donors (Lipinski definition) is 0. The lowest BCUT2D eigenvalue weighted by molar-refractivity contribution is 0.242. The van der Waals surface area contributed by atoms with Crippen LogP contribution in [-0.4, -0.2) is 6.10 Å². The highest BCUT2D eigenvalue weighted by Gasteiger charge is 2.02. The third kappa shape index (κ3) is 4.52. The second-order valence-electron chi connectivity index (χ2n) is 3.10. The third-order valence-corrected chi connectivity index (χ3v) is 1.75. The van der Waals surface area contributed by atoms with E-state index in [0.717, 1.165) is 11.3 Å². The Labute approximate surface area is 92.0 Å². The first-order valence-electron chi connectivity index (χ1n) is 5.02. The van der Waals surface area contributed by atoms with Crippen LogP contribution in [0.1, 0.15) is 33.3 Å². The standard InChI is InChI=1S/C10H13ClO.C2H6/c1-7(2)12-10-5-4-8(3)6-9(10)11;1-2/h4-7H,1-3H3;1-2H3. The van der Waals surface area contributed by atoms with E-state index in [1.165, 1.54) is 0 Å². The highest BCUT2D eigenvalue weighted by molar-refractivity contribution is 6.32. The molecular weight excluding hydrogens is 196 g/mol. The summed E-state index contributed by atoms with van der Waals surface area (Å²) in [6.07, 6.45) is 0.171. The Morgan fingerprint density at radius 2 is 1.79 bits per heavy atom. The lowest BCUT2D eigenvalue weighted by atomic mass is 10.2. The number of benzene rings is 1. The van der Waals surface area contributed by atoms with Crippen molar-refractivity contribution >= 4 is 11.6 Å². The van der Waals surface area contributed by atoms with Gasteiger partial charge in [0.1, 0.15) is 5.75 Å². The molecule has 0 N–H and O–H groups in total. The minimum atomic E-state index is 0.171. The Morgan fingerprint density at radius 1 is 1.21 bits per heavy atom. The lowest BCUT2D eigenvalue weighted by Gasteiger charge is -2.11. The van der Waals surface area contributed by atoms with Gasteiger partial charge < -0.3 is 4.74 Å². The second-order valence-corrected chi connectivity index (χ2v) is 3.51. The van der Waals surface area contributed by atoms with E-state index < -0.39 is 0 Å². The summed E-state index contributed by atoms with van der Waals surface area (Å²) >= 11 is 5.95. The second kappa shape index (κ2) is 6.72. The molecule has 0 amide bonds. The van der Waals surface area contributed by atoms with Crippen LogP contribution in [0, 0.1) is 6.92 Å². The quantitative estimate of drug-likeness (QED) is 0.706. The molecule has 0 fully saturated rings. The SMILES string of the molecule is CC.Cc1ccc(OC(C)C)c(Cl)c1. The summed E-state index contributed by atoms with van der Waals surface area (Å²) in [6, 6.07) is 5.79. The summed E-state index contributed by atoms with van der Waals surface area (Å²) < 4.78 is 5.47. The molecule has 0 unspecified atom stereocenters. The van der Waals surface area contributed by atoms with E-state index >= 15 is 0 Å². The van der Waals surface area contributed by atoms with Crippen LogP contribution in [0.4, 0.5) is 0 Å². The van der Waals surface area contributed by atoms with Crippen molar-refractivity contribution in [2.75, 3.05) is 0 Å². The van der Waals surface area contributed by atoms with Gasteiger partial charge in [0.25, 0.3) is 0 Å². The van der Waals surface area contributed by atoms with Crippen molar-refractivity contribution in [1.82, 2.24) is 0 Å². The molecule has 1 aromatic rings. The minimum Gasteiger partial charge on any atom is -0.489 e. The molecular formula is C12H19ClO. The Balaban J connectivity index is 0.000000791. The summed E-state index contributed by atoms with van der Waals surface area (Å²) in [6.45, 7) is 9.97. The van der Waals surface area contributed by atoms with Gasteiger partial charge >= 0.3 is 0 Å². The molecule has 0 spiro atoms. The smallest absolute Gasteiger partial charge is 0.138 e. The van der Waals surface area contributed by atoms with Crippen LogP contribution in [0.25, 0.3) is 0 Å².